The first-order valence-corrected chi connectivity index (χ1v) is 19.8. The van der Waals surface area contributed by atoms with Gasteiger partial charge in [-0.3, -0.25) is 19.2 Å². The molecular formula is C43H59N7O8. The van der Waals surface area contributed by atoms with Crippen molar-refractivity contribution in [3.63, 3.8) is 0 Å². The minimum absolute atomic E-state index is 0.0550. The molecule has 2 aromatic carbocycles. The van der Waals surface area contributed by atoms with Gasteiger partial charge in [-0.1, -0.05) is 79.9 Å². The van der Waals surface area contributed by atoms with Crippen molar-refractivity contribution in [2.75, 3.05) is 7.11 Å². The fourth-order valence-electron chi connectivity index (χ4n) is 6.87. The fraction of sp³-hybridized carbons (Fsp3) is 0.512. The number of carbonyl (C=O) groups is 6. The minimum atomic E-state index is -1.56. The highest BCUT2D eigenvalue weighted by atomic mass is 16.6. The third kappa shape index (κ3) is 13.7. The molecule has 5 N–H and O–H groups in total. The highest BCUT2D eigenvalue weighted by Crippen LogP contribution is 2.27. The summed E-state index contributed by atoms with van der Waals surface area (Å²) in [7, 11) is 3.00. The smallest absolute Gasteiger partial charge is 0.408 e. The summed E-state index contributed by atoms with van der Waals surface area (Å²) in [5.74, 6) is -3.35. The van der Waals surface area contributed by atoms with Crippen molar-refractivity contribution in [1.29, 1.82) is 0 Å². The molecule has 1 heterocycles. The summed E-state index contributed by atoms with van der Waals surface area (Å²) < 4.78 is 12.1. The van der Waals surface area contributed by atoms with E-state index in [4.69, 9.17) is 9.47 Å². The normalized spacial score (nSPS) is 15.4. The van der Waals surface area contributed by atoms with Crippen molar-refractivity contribution in [2.45, 2.75) is 121 Å². The standard InChI is InChI=1S/C43H59N7O8/c1-42(2,3)58-41(56)47-33(25-31-26-44-27-50(31)6)37(52)49-43(4,5)40(55)48-35(30-21-15-10-16-22-30)38(53)45-32(23-28-17-11-8-12-18-28)36(51)46-34(39(54)57-7)24-29-19-13-9-14-20-29/h8-9,11-14,17-20,26-27,30,32-35H,10,15-16,21-25H2,1-7H3,(H,45,53)(H,46,51)(H,47,56)(H,48,55)(H,49,52)/t32-,33-,34-,35-/m0/s1. The van der Waals surface area contributed by atoms with Gasteiger partial charge in [-0.2, -0.15) is 0 Å². The first-order chi connectivity index (χ1) is 27.5. The number of hydrogen-bond donors (Lipinski definition) is 5. The van der Waals surface area contributed by atoms with Crippen molar-refractivity contribution in [1.82, 2.24) is 36.1 Å². The zero-order valence-corrected chi connectivity index (χ0v) is 34.6. The predicted octanol–water partition coefficient (Wildman–Crippen LogP) is 3.44. The number of amides is 5. The number of aromatic nitrogens is 2. The zero-order valence-electron chi connectivity index (χ0n) is 34.6. The Hall–Kier alpha value is -5.73. The van der Waals surface area contributed by atoms with Crippen LogP contribution in [0.4, 0.5) is 4.79 Å². The van der Waals surface area contributed by atoms with Gasteiger partial charge >= 0.3 is 12.1 Å². The van der Waals surface area contributed by atoms with Gasteiger partial charge in [-0.25, -0.2) is 14.6 Å². The Labute approximate surface area is 340 Å². The minimum Gasteiger partial charge on any atom is -0.467 e. The second-order valence-electron chi connectivity index (χ2n) is 16.4. The molecule has 5 amide bonds. The Bertz CT molecular complexity index is 1850. The fourth-order valence-corrected chi connectivity index (χ4v) is 6.87. The molecule has 314 valence electrons. The number of imidazole rings is 1. The van der Waals surface area contributed by atoms with E-state index in [1.807, 2.05) is 60.7 Å². The van der Waals surface area contributed by atoms with Crippen molar-refractivity contribution in [3.8, 4) is 0 Å². The molecule has 3 aromatic rings. The van der Waals surface area contributed by atoms with Crippen LogP contribution in [0.1, 0.15) is 83.5 Å². The Morgan fingerprint density at radius 3 is 1.81 bits per heavy atom. The van der Waals surface area contributed by atoms with Crippen LogP contribution in [0.2, 0.25) is 0 Å². The average Bonchev–Trinajstić information content (AvgIpc) is 3.59. The maximum atomic E-state index is 14.4. The molecule has 0 unspecified atom stereocenters. The number of aryl methyl sites for hydroxylation is 1. The van der Waals surface area contributed by atoms with Crippen LogP contribution in [-0.4, -0.2) is 87.7 Å². The van der Waals surface area contributed by atoms with E-state index in [9.17, 15) is 28.8 Å². The third-order valence-corrected chi connectivity index (χ3v) is 10.0. The molecule has 1 aromatic heterocycles. The molecular weight excluding hydrogens is 743 g/mol. The number of benzene rings is 2. The molecule has 0 radical (unpaired) electrons. The second kappa shape index (κ2) is 20.6. The number of methoxy groups -OCH3 is 1. The van der Waals surface area contributed by atoms with E-state index in [1.165, 1.54) is 21.0 Å². The summed E-state index contributed by atoms with van der Waals surface area (Å²) in [6.07, 6.45) is 6.68. The summed E-state index contributed by atoms with van der Waals surface area (Å²) >= 11 is 0. The number of carbonyl (C=O) groups excluding carboxylic acids is 6. The molecule has 1 aliphatic rings. The lowest BCUT2D eigenvalue weighted by molar-refractivity contribution is -0.145. The van der Waals surface area contributed by atoms with Crippen LogP contribution < -0.4 is 26.6 Å². The number of ether oxygens (including phenoxy) is 2. The van der Waals surface area contributed by atoms with Crippen molar-refractivity contribution in [3.05, 3.63) is 90.0 Å². The van der Waals surface area contributed by atoms with Gasteiger partial charge in [0.2, 0.25) is 23.6 Å². The zero-order chi connectivity index (χ0) is 42.5. The number of alkyl carbamates (subject to hydrolysis) is 1. The first kappa shape index (κ1) is 45.0. The third-order valence-electron chi connectivity index (χ3n) is 10.0. The van der Waals surface area contributed by atoms with Crippen LogP contribution >= 0.6 is 0 Å². The van der Waals surface area contributed by atoms with Crippen LogP contribution in [0, 0.1) is 5.92 Å². The maximum Gasteiger partial charge on any atom is 0.408 e. The summed E-state index contributed by atoms with van der Waals surface area (Å²) in [5, 5.41) is 14.0. The van der Waals surface area contributed by atoms with Gasteiger partial charge < -0.3 is 40.6 Å². The van der Waals surface area contributed by atoms with Gasteiger partial charge in [-0.05, 0) is 64.5 Å². The molecule has 1 fully saturated rings. The van der Waals surface area contributed by atoms with Gasteiger partial charge in [0.1, 0.15) is 35.3 Å². The Kier molecular flexibility index (Phi) is 16.0. The van der Waals surface area contributed by atoms with E-state index in [-0.39, 0.29) is 25.2 Å². The molecule has 0 spiro atoms. The summed E-state index contributed by atoms with van der Waals surface area (Å²) in [6, 6.07) is 14.0. The summed E-state index contributed by atoms with van der Waals surface area (Å²) in [5.41, 5.74) is -0.155. The molecule has 58 heavy (non-hydrogen) atoms. The molecule has 4 rings (SSSR count). The van der Waals surface area contributed by atoms with Crippen LogP contribution in [0.25, 0.3) is 0 Å². The quantitative estimate of drug-likeness (QED) is 0.127. The molecule has 1 saturated carbocycles. The molecule has 4 atom stereocenters. The summed E-state index contributed by atoms with van der Waals surface area (Å²) in [6.45, 7) is 8.13. The SMILES string of the molecule is COC(=O)[C@H](Cc1ccccc1)NC(=O)[C@H](Cc1ccccc1)NC(=O)[C@@H](NC(=O)C(C)(C)NC(=O)[C@H](Cc1cncn1C)NC(=O)OC(C)(C)C)C1CCCCC1. The van der Waals surface area contributed by atoms with E-state index < -0.39 is 71.0 Å². The van der Waals surface area contributed by atoms with Crippen molar-refractivity contribution < 1.29 is 38.2 Å². The second-order valence-corrected chi connectivity index (χ2v) is 16.4. The van der Waals surface area contributed by atoms with E-state index in [1.54, 1.807) is 44.9 Å². The van der Waals surface area contributed by atoms with Crippen LogP contribution in [0.15, 0.2) is 73.2 Å². The van der Waals surface area contributed by atoms with Crippen LogP contribution in [0.5, 0.6) is 0 Å². The van der Waals surface area contributed by atoms with Gasteiger partial charge in [0, 0.05) is 38.2 Å². The Morgan fingerprint density at radius 1 is 0.724 bits per heavy atom. The monoisotopic (exact) mass is 801 g/mol. The van der Waals surface area contributed by atoms with E-state index in [0.29, 0.717) is 18.5 Å². The van der Waals surface area contributed by atoms with Crippen LogP contribution in [0.3, 0.4) is 0 Å². The number of nitrogens with zero attached hydrogens (tertiary/aromatic N) is 2. The predicted molar refractivity (Wildman–Crippen MR) is 217 cm³/mol. The van der Waals surface area contributed by atoms with Crippen molar-refractivity contribution >= 4 is 35.7 Å². The number of rotatable bonds is 17. The Balaban J connectivity index is 1.56. The largest absolute Gasteiger partial charge is 0.467 e. The van der Waals surface area contributed by atoms with E-state index in [2.05, 4.69) is 31.6 Å². The van der Waals surface area contributed by atoms with Gasteiger partial charge in [0.15, 0.2) is 0 Å². The van der Waals surface area contributed by atoms with Crippen LogP contribution in [-0.2, 0) is 59.8 Å². The molecule has 15 heteroatoms. The highest BCUT2D eigenvalue weighted by molar-refractivity contribution is 5.97. The molecule has 0 saturated heterocycles. The number of hydrogen-bond acceptors (Lipinski definition) is 9. The lowest BCUT2D eigenvalue weighted by Crippen LogP contribution is -2.64. The molecule has 1 aliphatic carbocycles. The highest BCUT2D eigenvalue weighted by Gasteiger charge is 2.39. The lowest BCUT2D eigenvalue weighted by Gasteiger charge is -2.35. The topological polar surface area (TPSA) is 199 Å². The summed E-state index contributed by atoms with van der Waals surface area (Å²) in [4.78, 5) is 86.2. The number of nitrogens with one attached hydrogen (secondary N) is 5. The average molecular weight is 802 g/mol. The number of esters is 1. The Morgan fingerprint density at radius 2 is 1.28 bits per heavy atom. The van der Waals surface area contributed by atoms with Gasteiger partial charge in [0.25, 0.3) is 0 Å². The van der Waals surface area contributed by atoms with Gasteiger partial charge in [-0.15, -0.1) is 0 Å². The van der Waals surface area contributed by atoms with Crippen molar-refractivity contribution in [2.24, 2.45) is 13.0 Å². The maximum absolute atomic E-state index is 14.4. The first-order valence-electron chi connectivity index (χ1n) is 19.8. The van der Waals surface area contributed by atoms with Gasteiger partial charge in [0.05, 0.1) is 13.4 Å². The van der Waals surface area contributed by atoms with E-state index in [0.717, 1.165) is 30.4 Å². The molecule has 15 nitrogen and oxygen atoms in total. The lowest BCUT2D eigenvalue weighted by atomic mass is 9.83. The molecule has 0 aliphatic heterocycles. The van der Waals surface area contributed by atoms with E-state index >= 15 is 0 Å². The molecule has 0 bridgehead atoms.